The molecule has 0 unspecified atom stereocenters. The number of aliphatic imine (C=N–C) groups is 1. The van der Waals surface area contributed by atoms with Gasteiger partial charge in [-0.05, 0) is 40.6 Å². The standard InChI is InChI=1S/C17H15NO5S/c1-20-13-7-11(8-14(21-2)15(13)22-3)16-18-12(17(19)23-16)6-10-4-5-24-9-10/h4-9H,1-3H3. The summed E-state index contributed by atoms with van der Waals surface area (Å²) >= 11 is 1.54. The summed E-state index contributed by atoms with van der Waals surface area (Å²) in [7, 11) is 4.56. The fourth-order valence-corrected chi connectivity index (χ4v) is 2.87. The normalized spacial score (nSPS) is 15.2. The number of methoxy groups -OCH3 is 3. The quantitative estimate of drug-likeness (QED) is 0.615. The summed E-state index contributed by atoms with van der Waals surface area (Å²) in [5.41, 5.74) is 1.71. The zero-order valence-electron chi connectivity index (χ0n) is 13.4. The summed E-state index contributed by atoms with van der Waals surface area (Å²) < 4.78 is 21.2. The second-order valence-corrected chi connectivity index (χ2v) is 5.59. The van der Waals surface area contributed by atoms with Gasteiger partial charge in [-0.25, -0.2) is 9.79 Å². The van der Waals surface area contributed by atoms with Crippen LogP contribution in [0.2, 0.25) is 0 Å². The minimum Gasteiger partial charge on any atom is -0.493 e. The molecule has 0 spiro atoms. The SMILES string of the molecule is COc1cc(C2=NC(=Cc3ccsc3)C(=O)O2)cc(OC)c1OC. The van der Waals surface area contributed by atoms with Gasteiger partial charge in [0.05, 0.1) is 21.3 Å². The molecular formula is C17H15NO5S. The predicted molar refractivity (Wildman–Crippen MR) is 91.0 cm³/mol. The Balaban J connectivity index is 2.01. The molecule has 7 heteroatoms. The van der Waals surface area contributed by atoms with Crippen LogP contribution in [0, 0.1) is 0 Å². The van der Waals surface area contributed by atoms with Crippen molar-refractivity contribution in [2.75, 3.05) is 21.3 Å². The number of thiophene rings is 1. The third-order valence-electron chi connectivity index (χ3n) is 3.38. The molecule has 1 aromatic heterocycles. The first-order chi connectivity index (χ1) is 11.7. The van der Waals surface area contributed by atoms with Crippen molar-refractivity contribution in [3.63, 3.8) is 0 Å². The average Bonchev–Trinajstić information content (AvgIpc) is 3.24. The van der Waals surface area contributed by atoms with E-state index in [1.807, 2.05) is 16.8 Å². The Hall–Kier alpha value is -2.80. The molecule has 0 amide bonds. The van der Waals surface area contributed by atoms with E-state index >= 15 is 0 Å². The van der Waals surface area contributed by atoms with E-state index in [1.54, 1.807) is 29.5 Å². The molecule has 0 atom stereocenters. The molecule has 124 valence electrons. The van der Waals surface area contributed by atoms with E-state index < -0.39 is 5.97 Å². The van der Waals surface area contributed by atoms with E-state index in [2.05, 4.69) is 4.99 Å². The summed E-state index contributed by atoms with van der Waals surface area (Å²) in [5, 5.41) is 3.85. The zero-order valence-corrected chi connectivity index (χ0v) is 14.2. The Kier molecular flexibility index (Phi) is 4.52. The highest BCUT2D eigenvalue weighted by molar-refractivity contribution is 7.08. The van der Waals surface area contributed by atoms with Crippen molar-refractivity contribution in [2.24, 2.45) is 4.99 Å². The van der Waals surface area contributed by atoms with Gasteiger partial charge in [-0.2, -0.15) is 11.3 Å². The van der Waals surface area contributed by atoms with E-state index in [0.29, 0.717) is 22.8 Å². The Labute approximate surface area is 142 Å². The summed E-state index contributed by atoms with van der Waals surface area (Å²) in [6.07, 6.45) is 1.68. The van der Waals surface area contributed by atoms with Crippen molar-refractivity contribution in [2.45, 2.75) is 0 Å². The van der Waals surface area contributed by atoms with Crippen LogP contribution in [0.1, 0.15) is 11.1 Å². The number of nitrogens with zero attached hydrogens (tertiary/aromatic N) is 1. The lowest BCUT2D eigenvalue weighted by molar-refractivity contribution is -0.129. The maximum Gasteiger partial charge on any atom is 0.363 e. The third-order valence-corrected chi connectivity index (χ3v) is 4.08. The molecule has 2 heterocycles. The third kappa shape index (κ3) is 2.98. The van der Waals surface area contributed by atoms with Gasteiger partial charge < -0.3 is 18.9 Å². The van der Waals surface area contributed by atoms with Crippen LogP contribution in [0.15, 0.2) is 39.6 Å². The minimum atomic E-state index is -0.495. The highest BCUT2D eigenvalue weighted by atomic mass is 32.1. The van der Waals surface area contributed by atoms with Crippen LogP contribution in [0.25, 0.3) is 6.08 Å². The first-order valence-electron chi connectivity index (χ1n) is 7.01. The molecule has 1 aliphatic heterocycles. The number of carbonyl (C=O) groups excluding carboxylic acids is 1. The molecule has 0 radical (unpaired) electrons. The topological polar surface area (TPSA) is 66.4 Å². The number of hydrogen-bond donors (Lipinski definition) is 0. The molecule has 0 saturated heterocycles. The van der Waals surface area contributed by atoms with Crippen molar-refractivity contribution < 1.29 is 23.7 Å². The fraction of sp³-hybridized carbons (Fsp3) is 0.176. The molecule has 3 rings (SSSR count). The number of benzene rings is 1. The van der Waals surface area contributed by atoms with Gasteiger partial charge in [0.15, 0.2) is 17.2 Å². The number of rotatable bonds is 5. The van der Waals surface area contributed by atoms with Gasteiger partial charge in [0, 0.05) is 5.56 Å². The maximum absolute atomic E-state index is 12.0. The highest BCUT2D eigenvalue weighted by Crippen LogP contribution is 2.39. The molecule has 0 fully saturated rings. The lowest BCUT2D eigenvalue weighted by atomic mass is 10.1. The van der Waals surface area contributed by atoms with Crippen molar-refractivity contribution in [3.8, 4) is 17.2 Å². The molecule has 2 aromatic rings. The van der Waals surface area contributed by atoms with E-state index in [9.17, 15) is 4.79 Å². The molecular weight excluding hydrogens is 330 g/mol. The Morgan fingerprint density at radius 1 is 1.12 bits per heavy atom. The van der Waals surface area contributed by atoms with E-state index in [0.717, 1.165) is 5.56 Å². The van der Waals surface area contributed by atoms with Gasteiger partial charge in [-0.1, -0.05) is 0 Å². The Bertz CT molecular complexity index is 799. The van der Waals surface area contributed by atoms with Crippen molar-refractivity contribution in [3.05, 3.63) is 45.8 Å². The number of carbonyl (C=O) groups is 1. The van der Waals surface area contributed by atoms with E-state index in [1.165, 1.54) is 21.3 Å². The van der Waals surface area contributed by atoms with Gasteiger partial charge in [0.25, 0.3) is 0 Å². The van der Waals surface area contributed by atoms with Crippen molar-refractivity contribution in [1.82, 2.24) is 0 Å². The average molecular weight is 345 g/mol. The summed E-state index contributed by atoms with van der Waals surface area (Å²) in [6.45, 7) is 0. The fourth-order valence-electron chi connectivity index (χ4n) is 2.25. The van der Waals surface area contributed by atoms with Gasteiger partial charge in [0.2, 0.25) is 11.6 Å². The van der Waals surface area contributed by atoms with E-state index in [-0.39, 0.29) is 11.6 Å². The largest absolute Gasteiger partial charge is 0.493 e. The molecule has 0 saturated carbocycles. The summed E-state index contributed by atoms with van der Waals surface area (Å²) in [5.74, 6) is 1.08. The first kappa shape index (κ1) is 16.1. The second kappa shape index (κ2) is 6.76. The summed E-state index contributed by atoms with van der Waals surface area (Å²) in [4.78, 5) is 16.3. The van der Waals surface area contributed by atoms with E-state index in [4.69, 9.17) is 18.9 Å². The summed E-state index contributed by atoms with van der Waals surface area (Å²) in [6, 6.07) is 5.26. The van der Waals surface area contributed by atoms with Crippen LogP contribution >= 0.6 is 11.3 Å². The molecule has 0 bridgehead atoms. The Morgan fingerprint density at radius 2 is 1.83 bits per heavy atom. The van der Waals surface area contributed by atoms with Gasteiger partial charge in [-0.15, -0.1) is 0 Å². The minimum absolute atomic E-state index is 0.195. The smallest absolute Gasteiger partial charge is 0.363 e. The molecule has 24 heavy (non-hydrogen) atoms. The monoisotopic (exact) mass is 345 g/mol. The highest BCUT2D eigenvalue weighted by Gasteiger charge is 2.26. The van der Waals surface area contributed by atoms with Crippen LogP contribution in [-0.4, -0.2) is 33.2 Å². The van der Waals surface area contributed by atoms with Crippen LogP contribution in [-0.2, 0) is 9.53 Å². The van der Waals surface area contributed by atoms with Crippen molar-refractivity contribution >= 4 is 29.3 Å². The Morgan fingerprint density at radius 3 is 2.38 bits per heavy atom. The maximum atomic E-state index is 12.0. The molecule has 6 nitrogen and oxygen atoms in total. The van der Waals surface area contributed by atoms with Crippen LogP contribution < -0.4 is 14.2 Å². The van der Waals surface area contributed by atoms with Crippen LogP contribution in [0.3, 0.4) is 0 Å². The lowest BCUT2D eigenvalue weighted by Gasteiger charge is -2.13. The van der Waals surface area contributed by atoms with Crippen molar-refractivity contribution in [1.29, 1.82) is 0 Å². The second-order valence-electron chi connectivity index (χ2n) is 4.81. The molecule has 0 N–H and O–H groups in total. The number of ether oxygens (including phenoxy) is 4. The lowest BCUT2D eigenvalue weighted by Crippen LogP contribution is -2.06. The molecule has 1 aromatic carbocycles. The van der Waals surface area contributed by atoms with Gasteiger partial charge in [-0.3, -0.25) is 0 Å². The number of hydrogen-bond acceptors (Lipinski definition) is 7. The van der Waals surface area contributed by atoms with Gasteiger partial charge in [0.1, 0.15) is 0 Å². The zero-order chi connectivity index (χ0) is 17.1. The number of esters is 1. The number of cyclic esters (lactones) is 1. The predicted octanol–water partition coefficient (Wildman–Crippen LogP) is 3.12. The molecule has 0 aliphatic carbocycles. The first-order valence-corrected chi connectivity index (χ1v) is 7.95. The van der Waals surface area contributed by atoms with Crippen LogP contribution in [0.5, 0.6) is 17.2 Å². The van der Waals surface area contributed by atoms with Gasteiger partial charge >= 0.3 is 5.97 Å². The van der Waals surface area contributed by atoms with Crippen LogP contribution in [0.4, 0.5) is 0 Å². The molecule has 1 aliphatic rings.